The van der Waals surface area contributed by atoms with E-state index in [-0.39, 0.29) is 11.8 Å². The van der Waals surface area contributed by atoms with Crippen molar-refractivity contribution in [2.24, 2.45) is 0 Å². The number of nitrogens with zero attached hydrogens (tertiary/aromatic N) is 2. The maximum absolute atomic E-state index is 12.8. The molecule has 1 aromatic carbocycles. The van der Waals surface area contributed by atoms with Crippen LogP contribution in [0.5, 0.6) is 0 Å². The van der Waals surface area contributed by atoms with E-state index in [0.29, 0.717) is 18.1 Å². The van der Waals surface area contributed by atoms with Gasteiger partial charge in [0.25, 0.3) is 0 Å². The van der Waals surface area contributed by atoms with Gasteiger partial charge in [0.05, 0.1) is 11.9 Å². The van der Waals surface area contributed by atoms with Gasteiger partial charge in [-0.2, -0.15) is 4.31 Å². The standard InChI is InChI=1S/C19H25N3O3S2/c1-13(2)17-16(14-9-5-4-6-10-14)20-19(26-17)21-18(23)15-11-7-8-12-22(15)27(3,24)25/h4-6,9-10,13,15H,7-8,11-12H2,1-3H3,(H,20,21,23). The van der Waals surface area contributed by atoms with Crippen molar-refractivity contribution in [1.82, 2.24) is 9.29 Å². The Kier molecular flexibility index (Phi) is 5.98. The van der Waals surface area contributed by atoms with Crippen molar-refractivity contribution in [3.8, 4) is 11.3 Å². The number of anilines is 1. The van der Waals surface area contributed by atoms with Gasteiger partial charge < -0.3 is 5.32 Å². The van der Waals surface area contributed by atoms with Gasteiger partial charge in [0.1, 0.15) is 6.04 Å². The van der Waals surface area contributed by atoms with Gasteiger partial charge in [0, 0.05) is 17.0 Å². The number of piperidine rings is 1. The molecule has 0 radical (unpaired) electrons. The molecule has 6 nitrogen and oxygen atoms in total. The summed E-state index contributed by atoms with van der Waals surface area (Å²) in [7, 11) is -3.42. The Morgan fingerprint density at radius 1 is 1.26 bits per heavy atom. The van der Waals surface area contributed by atoms with Crippen LogP contribution >= 0.6 is 11.3 Å². The first-order chi connectivity index (χ1) is 12.8. The molecule has 0 aliphatic carbocycles. The van der Waals surface area contributed by atoms with E-state index in [0.717, 1.165) is 35.2 Å². The third-order valence-electron chi connectivity index (χ3n) is 4.64. The van der Waals surface area contributed by atoms with Crippen molar-refractivity contribution in [2.45, 2.75) is 45.1 Å². The number of rotatable bonds is 5. The van der Waals surface area contributed by atoms with Gasteiger partial charge in [-0.3, -0.25) is 4.79 Å². The Balaban J connectivity index is 1.86. The summed E-state index contributed by atoms with van der Waals surface area (Å²) < 4.78 is 25.3. The van der Waals surface area contributed by atoms with Gasteiger partial charge in [-0.1, -0.05) is 50.6 Å². The Morgan fingerprint density at radius 3 is 2.59 bits per heavy atom. The highest BCUT2D eigenvalue weighted by Gasteiger charge is 2.35. The Morgan fingerprint density at radius 2 is 1.96 bits per heavy atom. The van der Waals surface area contributed by atoms with Crippen LogP contribution in [-0.4, -0.2) is 42.5 Å². The molecule has 1 aliphatic rings. The van der Waals surface area contributed by atoms with E-state index < -0.39 is 16.1 Å². The lowest BCUT2D eigenvalue weighted by molar-refractivity contribution is -0.120. The maximum atomic E-state index is 12.8. The summed E-state index contributed by atoms with van der Waals surface area (Å²) in [5.41, 5.74) is 1.88. The molecule has 1 amide bonds. The molecule has 146 valence electrons. The van der Waals surface area contributed by atoms with Crippen molar-refractivity contribution in [1.29, 1.82) is 0 Å². The fraction of sp³-hybridized carbons (Fsp3) is 0.474. The topological polar surface area (TPSA) is 79.4 Å². The van der Waals surface area contributed by atoms with Crippen LogP contribution in [-0.2, 0) is 14.8 Å². The first-order valence-electron chi connectivity index (χ1n) is 9.11. The second kappa shape index (κ2) is 8.08. The van der Waals surface area contributed by atoms with Gasteiger partial charge in [-0.15, -0.1) is 11.3 Å². The largest absolute Gasteiger partial charge is 0.301 e. The molecule has 0 bridgehead atoms. The smallest absolute Gasteiger partial charge is 0.244 e. The predicted octanol–water partition coefficient (Wildman–Crippen LogP) is 3.69. The third kappa shape index (κ3) is 4.56. The van der Waals surface area contributed by atoms with Crippen LogP contribution in [0.15, 0.2) is 30.3 Å². The first kappa shape index (κ1) is 20.0. The Labute approximate surface area is 164 Å². The van der Waals surface area contributed by atoms with Crippen molar-refractivity contribution in [2.75, 3.05) is 18.1 Å². The van der Waals surface area contributed by atoms with Crippen LogP contribution in [0, 0.1) is 0 Å². The molecule has 1 N–H and O–H groups in total. The number of sulfonamides is 1. The minimum Gasteiger partial charge on any atom is -0.301 e. The average molecular weight is 408 g/mol. The summed E-state index contributed by atoms with van der Waals surface area (Å²) in [5, 5.41) is 3.38. The molecule has 0 saturated carbocycles. The van der Waals surface area contributed by atoms with Crippen molar-refractivity contribution < 1.29 is 13.2 Å². The molecule has 1 unspecified atom stereocenters. The molecule has 2 aromatic rings. The van der Waals surface area contributed by atoms with E-state index in [4.69, 9.17) is 0 Å². The van der Waals surface area contributed by atoms with Gasteiger partial charge in [0.2, 0.25) is 15.9 Å². The number of carbonyl (C=O) groups excluding carboxylic acids is 1. The lowest BCUT2D eigenvalue weighted by Gasteiger charge is -2.32. The summed E-state index contributed by atoms with van der Waals surface area (Å²) in [5.74, 6) is -0.0330. The lowest BCUT2D eigenvalue weighted by Crippen LogP contribution is -2.49. The SMILES string of the molecule is CC(C)c1sc(NC(=O)C2CCCCN2S(C)(=O)=O)nc1-c1ccccc1. The zero-order valence-corrected chi connectivity index (χ0v) is 17.4. The molecule has 8 heteroatoms. The minimum absolute atomic E-state index is 0.269. The molecule has 1 fully saturated rings. The number of amides is 1. The van der Waals surface area contributed by atoms with Crippen LogP contribution in [0.3, 0.4) is 0 Å². The summed E-state index contributed by atoms with van der Waals surface area (Å²) in [6.07, 6.45) is 3.32. The zero-order chi connectivity index (χ0) is 19.6. The summed E-state index contributed by atoms with van der Waals surface area (Å²) >= 11 is 1.45. The highest BCUT2D eigenvalue weighted by atomic mass is 32.2. The van der Waals surface area contributed by atoms with Crippen molar-refractivity contribution >= 4 is 32.4 Å². The normalized spacial score (nSPS) is 18.6. The van der Waals surface area contributed by atoms with Crippen LogP contribution < -0.4 is 5.32 Å². The van der Waals surface area contributed by atoms with Crippen LogP contribution in [0.25, 0.3) is 11.3 Å². The van der Waals surface area contributed by atoms with Crippen LogP contribution in [0.4, 0.5) is 5.13 Å². The molecule has 1 aliphatic heterocycles. The fourth-order valence-electron chi connectivity index (χ4n) is 3.33. The molecule has 3 rings (SSSR count). The summed E-state index contributed by atoms with van der Waals surface area (Å²) in [4.78, 5) is 18.5. The van der Waals surface area contributed by atoms with Gasteiger partial charge in [0.15, 0.2) is 5.13 Å². The highest BCUT2D eigenvalue weighted by Crippen LogP contribution is 2.36. The number of aromatic nitrogens is 1. The highest BCUT2D eigenvalue weighted by molar-refractivity contribution is 7.88. The quantitative estimate of drug-likeness (QED) is 0.820. The zero-order valence-electron chi connectivity index (χ0n) is 15.8. The number of thiazole rings is 1. The first-order valence-corrected chi connectivity index (χ1v) is 11.8. The second-order valence-corrected chi connectivity index (χ2v) is 10.1. The Bertz CT molecular complexity index is 908. The molecule has 2 heterocycles. The number of benzene rings is 1. The van der Waals surface area contributed by atoms with E-state index in [9.17, 15) is 13.2 Å². The second-order valence-electron chi connectivity index (χ2n) is 7.13. The van der Waals surface area contributed by atoms with Crippen molar-refractivity contribution in [3.63, 3.8) is 0 Å². The number of carbonyl (C=O) groups is 1. The molecule has 1 saturated heterocycles. The molecular weight excluding hydrogens is 382 g/mol. The van der Waals surface area contributed by atoms with Crippen LogP contribution in [0.1, 0.15) is 43.9 Å². The molecule has 1 aromatic heterocycles. The summed E-state index contributed by atoms with van der Waals surface area (Å²) in [6.45, 7) is 4.58. The number of nitrogens with one attached hydrogen (secondary N) is 1. The monoisotopic (exact) mass is 407 g/mol. The molecule has 1 atom stereocenters. The molecular formula is C19H25N3O3S2. The van der Waals surface area contributed by atoms with Crippen LogP contribution in [0.2, 0.25) is 0 Å². The maximum Gasteiger partial charge on any atom is 0.244 e. The van der Waals surface area contributed by atoms with Gasteiger partial charge in [-0.05, 0) is 18.8 Å². The fourth-order valence-corrected chi connectivity index (χ4v) is 5.45. The minimum atomic E-state index is -3.42. The predicted molar refractivity (Wildman–Crippen MR) is 109 cm³/mol. The molecule has 27 heavy (non-hydrogen) atoms. The van der Waals surface area contributed by atoms with Crippen molar-refractivity contribution in [3.05, 3.63) is 35.2 Å². The third-order valence-corrected chi connectivity index (χ3v) is 7.20. The van der Waals surface area contributed by atoms with E-state index in [2.05, 4.69) is 24.1 Å². The lowest BCUT2D eigenvalue weighted by atomic mass is 10.0. The van der Waals surface area contributed by atoms with E-state index in [1.165, 1.54) is 15.6 Å². The Hall–Kier alpha value is -1.77. The molecule has 0 spiro atoms. The van der Waals surface area contributed by atoms with Gasteiger partial charge in [-0.25, -0.2) is 13.4 Å². The average Bonchev–Trinajstić information content (AvgIpc) is 3.06. The van der Waals surface area contributed by atoms with Gasteiger partial charge >= 0.3 is 0 Å². The summed E-state index contributed by atoms with van der Waals surface area (Å²) in [6, 6.07) is 9.21. The number of hydrogen-bond acceptors (Lipinski definition) is 5. The van der Waals surface area contributed by atoms with E-state index in [1.54, 1.807) is 0 Å². The van der Waals surface area contributed by atoms with E-state index in [1.807, 2.05) is 30.3 Å². The van der Waals surface area contributed by atoms with E-state index >= 15 is 0 Å². The number of hydrogen-bond donors (Lipinski definition) is 1.